The van der Waals surface area contributed by atoms with E-state index >= 15 is 0 Å². The van der Waals surface area contributed by atoms with E-state index in [1.165, 1.54) is 0 Å². The summed E-state index contributed by atoms with van der Waals surface area (Å²) in [4.78, 5) is 23.8. The van der Waals surface area contributed by atoms with E-state index in [-0.39, 0.29) is 12.4 Å². The zero-order valence-corrected chi connectivity index (χ0v) is 12.7. The number of ether oxygens (including phenoxy) is 1. The molecule has 0 N–H and O–H groups in total. The van der Waals surface area contributed by atoms with Crippen molar-refractivity contribution in [2.75, 3.05) is 6.61 Å². The predicted molar refractivity (Wildman–Crippen MR) is 76.9 cm³/mol. The number of aryl methyl sites for hydroxylation is 2. The summed E-state index contributed by atoms with van der Waals surface area (Å²) in [5.41, 5.74) is 0.836. The van der Waals surface area contributed by atoms with Crippen molar-refractivity contribution >= 4 is 27.7 Å². The average molecular weight is 337 g/mol. The third kappa shape index (κ3) is 3.17. The van der Waals surface area contributed by atoms with Gasteiger partial charge in [-0.2, -0.15) is 0 Å². The summed E-state index contributed by atoms with van der Waals surface area (Å²) < 4.78 is 11.0. The Balaban J connectivity index is 2.02. The Hall–Kier alpha value is -1.88. The van der Waals surface area contributed by atoms with Crippen molar-refractivity contribution < 1.29 is 18.7 Å². The summed E-state index contributed by atoms with van der Waals surface area (Å²) >= 11 is 3.29. The molecule has 0 radical (unpaired) electrons. The van der Waals surface area contributed by atoms with Gasteiger partial charge in [-0.3, -0.25) is 4.79 Å². The number of hydrogen-bond donors (Lipinski definition) is 0. The Bertz CT molecular complexity index is 658. The summed E-state index contributed by atoms with van der Waals surface area (Å²) in [6, 6.07) is 8.60. The minimum Gasteiger partial charge on any atom is -0.466 e. The van der Waals surface area contributed by atoms with Crippen LogP contribution in [0.25, 0.3) is 0 Å². The molecule has 4 nitrogen and oxygen atoms in total. The molecule has 1 aromatic carbocycles. The first kappa shape index (κ1) is 14.5. The number of carbonyl (C=O) groups excluding carboxylic acids is 2. The van der Waals surface area contributed by atoms with Crippen molar-refractivity contribution in [1.82, 2.24) is 0 Å². The molecule has 2 aromatic rings. The fourth-order valence-electron chi connectivity index (χ4n) is 1.81. The molecule has 1 aromatic heterocycles. The van der Waals surface area contributed by atoms with Gasteiger partial charge in [0.15, 0.2) is 6.61 Å². The normalized spacial score (nSPS) is 10.3. The fraction of sp³-hybridized carbons (Fsp3) is 0.200. The number of carbonyl (C=O) groups is 2. The molecule has 1 heterocycles. The van der Waals surface area contributed by atoms with Gasteiger partial charge in [-0.05, 0) is 26.0 Å². The third-order valence-electron chi connectivity index (χ3n) is 2.77. The van der Waals surface area contributed by atoms with Crippen LogP contribution in [0.3, 0.4) is 0 Å². The molecule has 104 valence electrons. The van der Waals surface area contributed by atoms with Gasteiger partial charge in [-0.1, -0.05) is 34.1 Å². The summed E-state index contributed by atoms with van der Waals surface area (Å²) in [6.07, 6.45) is 0. The highest BCUT2D eigenvalue weighted by atomic mass is 79.9. The molecular formula is C15H13BrO4. The van der Waals surface area contributed by atoms with E-state index in [1.807, 2.05) is 6.07 Å². The zero-order valence-electron chi connectivity index (χ0n) is 11.1. The van der Waals surface area contributed by atoms with Crippen LogP contribution in [-0.4, -0.2) is 18.4 Å². The van der Waals surface area contributed by atoms with Gasteiger partial charge in [0.25, 0.3) is 0 Å². The fourth-order valence-corrected chi connectivity index (χ4v) is 2.31. The van der Waals surface area contributed by atoms with Crippen molar-refractivity contribution in [3.8, 4) is 0 Å². The number of rotatable bonds is 4. The van der Waals surface area contributed by atoms with Gasteiger partial charge in [-0.25, -0.2) is 4.79 Å². The molecule has 0 saturated heterocycles. The van der Waals surface area contributed by atoms with Crippen LogP contribution in [0.1, 0.15) is 32.2 Å². The zero-order chi connectivity index (χ0) is 14.7. The van der Waals surface area contributed by atoms with Gasteiger partial charge in [0.2, 0.25) is 5.78 Å². The maximum absolute atomic E-state index is 12.0. The molecule has 2 rings (SSSR count). The Morgan fingerprint density at radius 3 is 2.50 bits per heavy atom. The summed E-state index contributed by atoms with van der Waals surface area (Å²) in [5, 5.41) is 0. The van der Waals surface area contributed by atoms with Crippen molar-refractivity contribution in [2.24, 2.45) is 0 Å². The van der Waals surface area contributed by atoms with Gasteiger partial charge in [-0.15, -0.1) is 0 Å². The maximum Gasteiger partial charge on any atom is 0.342 e. The van der Waals surface area contributed by atoms with Crippen molar-refractivity contribution in [3.63, 3.8) is 0 Å². The maximum atomic E-state index is 12.0. The van der Waals surface area contributed by atoms with Gasteiger partial charge >= 0.3 is 5.97 Å². The number of hydrogen-bond acceptors (Lipinski definition) is 4. The van der Waals surface area contributed by atoms with Crippen LogP contribution in [-0.2, 0) is 4.74 Å². The standard InChI is InChI=1S/C15H13BrO4/c1-9-7-12(10(2)20-9)15(18)19-8-14(17)11-5-3-4-6-13(11)16/h3-7H,8H2,1-2H3. The Morgan fingerprint density at radius 1 is 1.20 bits per heavy atom. The van der Waals surface area contributed by atoms with Crippen molar-refractivity contribution in [1.29, 1.82) is 0 Å². The van der Waals surface area contributed by atoms with Crippen LogP contribution in [0, 0.1) is 13.8 Å². The molecule has 0 fully saturated rings. The second kappa shape index (κ2) is 6.05. The van der Waals surface area contributed by atoms with Crippen LogP contribution in [0.4, 0.5) is 0 Å². The predicted octanol–water partition coefficient (Wildman–Crippen LogP) is 3.70. The van der Waals surface area contributed by atoms with Crippen LogP contribution >= 0.6 is 15.9 Å². The molecule has 0 bridgehead atoms. The van der Waals surface area contributed by atoms with E-state index in [0.29, 0.717) is 27.1 Å². The first-order valence-electron chi connectivity index (χ1n) is 6.01. The molecule has 0 saturated carbocycles. The molecular weight excluding hydrogens is 324 g/mol. The molecule has 0 aliphatic rings. The summed E-state index contributed by atoms with van der Waals surface area (Å²) in [7, 11) is 0. The minimum atomic E-state index is -0.556. The van der Waals surface area contributed by atoms with Gasteiger partial charge < -0.3 is 9.15 Å². The SMILES string of the molecule is Cc1cc(C(=O)OCC(=O)c2ccccc2Br)c(C)o1. The van der Waals surface area contributed by atoms with Crippen molar-refractivity contribution in [3.05, 3.63) is 57.5 Å². The lowest BCUT2D eigenvalue weighted by molar-refractivity contribution is 0.0473. The second-order valence-corrected chi connectivity index (χ2v) is 5.16. The average Bonchev–Trinajstić information content (AvgIpc) is 2.75. The Labute approximate surface area is 124 Å². The number of Topliss-reactive ketones (excluding diaryl/α,β-unsaturated/α-hetero) is 1. The number of halogens is 1. The lowest BCUT2D eigenvalue weighted by Crippen LogP contribution is -2.14. The summed E-state index contributed by atoms with van der Waals surface area (Å²) in [5.74, 6) is 0.302. The second-order valence-electron chi connectivity index (χ2n) is 4.31. The first-order chi connectivity index (χ1) is 9.49. The highest BCUT2D eigenvalue weighted by Crippen LogP contribution is 2.18. The molecule has 5 heteroatoms. The lowest BCUT2D eigenvalue weighted by atomic mass is 10.1. The highest BCUT2D eigenvalue weighted by molar-refractivity contribution is 9.10. The number of esters is 1. The molecule has 0 aliphatic carbocycles. The third-order valence-corrected chi connectivity index (χ3v) is 3.46. The van der Waals surface area contributed by atoms with Crippen LogP contribution in [0.2, 0.25) is 0 Å². The smallest absolute Gasteiger partial charge is 0.342 e. The van der Waals surface area contributed by atoms with E-state index < -0.39 is 5.97 Å². The minimum absolute atomic E-state index is 0.260. The van der Waals surface area contributed by atoms with E-state index in [4.69, 9.17) is 9.15 Å². The van der Waals surface area contributed by atoms with E-state index in [9.17, 15) is 9.59 Å². The number of furan rings is 1. The van der Waals surface area contributed by atoms with E-state index in [2.05, 4.69) is 15.9 Å². The molecule has 0 atom stereocenters. The first-order valence-corrected chi connectivity index (χ1v) is 6.80. The van der Waals surface area contributed by atoms with Crippen LogP contribution in [0.5, 0.6) is 0 Å². The summed E-state index contributed by atoms with van der Waals surface area (Å²) in [6.45, 7) is 3.13. The van der Waals surface area contributed by atoms with Gasteiger partial charge in [0.1, 0.15) is 17.1 Å². The monoisotopic (exact) mass is 336 g/mol. The lowest BCUT2D eigenvalue weighted by Gasteiger charge is -2.05. The number of ketones is 1. The topological polar surface area (TPSA) is 56.5 Å². The Kier molecular flexibility index (Phi) is 4.39. The molecule has 0 spiro atoms. The molecule has 0 amide bonds. The van der Waals surface area contributed by atoms with Crippen LogP contribution in [0.15, 0.2) is 39.2 Å². The molecule has 20 heavy (non-hydrogen) atoms. The molecule has 0 unspecified atom stereocenters. The van der Waals surface area contributed by atoms with Gasteiger partial charge in [0.05, 0.1) is 0 Å². The largest absolute Gasteiger partial charge is 0.466 e. The van der Waals surface area contributed by atoms with Gasteiger partial charge in [0, 0.05) is 10.0 Å². The Morgan fingerprint density at radius 2 is 1.90 bits per heavy atom. The van der Waals surface area contributed by atoms with Crippen molar-refractivity contribution in [2.45, 2.75) is 13.8 Å². The number of benzene rings is 1. The highest BCUT2D eigenvalue weighted by Gasteiger charge is 2.17. The van der Waals surface area contributed by atoms with E-state index in [0.717, 1.165) is 0 Å². The van der Waals surface area contributed by atoms with Crippen LogP contribution < -0.4 is 0 Å². The molecule has 0 aliphatic heterocycles. The van der Waals surface area contributed by atoms with E-state index in [1.54, 1.807) is 38.1 Å². The quantitative estimate of drug-likeness (QED) is 0.631.